The first-order valence-corrected chi connectivity index (χ1v) is 10.6. The summed E-state index contributed by atoms with van der Waals surface area (Å²) >= 11 is 6.04. The van der Waals surface area contributed by atoms with Gasteiger partial charge in [-0.05, 0) is 48.9 Å². The Balaban J connectivity index is 1.94. The number of hydrogen-bond acceptors (Lipinski definition) is 3. The van der Waals surface area contributed by atoms with E-state index in [1.54, 1.807) is 11.6 Å². The second kappa shape index (κ2) is 8.20. The molecule has 0 amide bonds. The maximum absolute atomic E-state index is 13.3. The van der Waals surface area contributed by atoms with Gasteiger partial charge in [-0.2, -0.15) is 0 Å². The molecule has 0 aliphatic heterocycles. The van der Waals surface area contributed by atoms with Gasteiger partial charge in [-0.1, -0.05) is 36.6 Å². The molecule has 0 radical (unpaired) electrons. The van der Waals surface area contributed by atoms with Gasteiger partial charge < -0.3 is 9.67 Å². The number of nitrogens with zero attached hydrogens (tertiary/aromatic N) is 3. The molecule has 3 aromatic rings. The van der Waals surface area contributed by atoms with E-state index < -0.39 is 0 Å². The highest BCUT2D eigenvalue weighted by Crippen LogP contribution is 2.36. The number of halogens is 1. The van der Waals surface area contributed by atoms with Crippen LogP contribution in [-0.2, 0) is 20.1 Å². The average Bonchev–Trinajstić information content (AvgIpc) is 3.36. The molecule has 7 heteroatoms. The maximum atomic E-state index is 13.3. The molecule has 1 saturated carbocycles. The summed E-state index contributed by atoms with van der Waals surface area (Å²) < 4.78 is 4.89. The van der Waals surface area contributed by atoms with Crippen LogP contribution in [0.25, 0.3) is 11.0 Å². The summed E-state index contributed by atoms with van der Waals surface area (Å²) in [6, 6.07) is 9.68. The molecule has 1 aromatic carbocycles. The summed E-state index contributed by atoms with van der Waals surface area (Å²) in [6.45, 7) is 0.704. The number of fused-ring (bicyclic) bond motifs is 1. The fraction of sp³-hybridized carbons (Fsp3) is 0.455. The van der Waals surface area contributed by atoms with Crippen molar-refractivity contribution < 1.29 is 5.11 Å². The maximum Gasteiger partial charge on any atom is 0.331 e. The molecule has 154 valence electrons. The zero-order valence-electron chi connectivity index (χ0n) is 16.6. The van der Waals surface area contributed by atoms with Crippen molar-refractivity contribution in [3.8, 4) is 0 Å². The lowest BCUT2D eigenvalue weighted by Gasteiger charge is -2.16. The topological polar surface area (TPSA) is 69.2 Å². The molecule has 1 aliphatic carbocycles. The molecule has 4 rings (SSSR count). The van der Waals surface area contributed by atoms with Crippen molar-refractivity contribution in [1.29, 1.82) is 0 Å². The molecular formula is C22H26ClN3O3. The molecule has 2 heterocycles. The van der Waals surface area contributed by atoms with Gasteiger partial charge in [0.1, 0.15) is 5.52 Å². The summed E-state index contributed by atoms with van der Waals surface area (Å²) in [5, 5.41) is 9.85. The Morgan fingerprint density at radius 3 is 2.45 bits per heavy atom. The van der Waals surface area contributed by atoms with Crippen LogP contribution >= 0.6 is 11.6 Å². The Labute approximate surface area is 174 Å². The largest absolute Gasteiger partial charge is 0.396 e. The van der Waals surface area contributed by atoms with Gasteiger partial charge in [-0.25, -0.2) is 4.79 Å². The molecule has 0 saturated heterocycles. The number of aliphatic hydroxyl groups is 1. The van der Waals surface area contributed by atoms with Crippen molar-refractivity contribution in [2.24, 2.45) is 7.05 Å². The van der Waals surface area contributed by atoms with Gasteiger partial charge in [-0.3, -0.25) is 13.9 Å². The molecule has 2 aromatic heterocycles. The smallest absolute Gasteiger partial charge is 0.331 e. The SMILES string of the molecule is Cn1c(=O)n(CCCO)c(=O)c2c1cc(C1CCCC1)n2Cc1ccc(Cl)cc1. The molecule has 0 spiro atoms. The number of hydrogen-bond donors (Lipinski definition) is 1. The number of benzene rings is 1. The van der Waals surface area contributed by atoms with Gasteiger partial charge >= 0.3 is 5.69 Å². The van der Waals surface area contributed by atoms with Gasteiger partial charge in [0.2, 0.25) is 0 Å². The Bertz CT molecular complexity index is 1140. The molecule has 0 atom stereocenters. The van der Waals surface area contributed by atoms with Crippen LogP contribution in [0.5, 0.6) is 0 Å². The summed E-state index contributed by atoms with van der Waals surface area (Å²) in [4.78, 5) is 26.1. The van der Waals surface area contributed by atoms with E-state index in [2.05, 4.69) is 4.57 Å². The number of aliphatic hydroxyl groups excluding tert-OH is 1. The van der Waals surface area contributed by atoms with Crippen LogP contribution < -0.4 is 11.2 Å². The molecule has 1 N–H and O–H groups in total. The Morgan fingerprint density at radius 2 is 1.79 bits per heavy atom. The highest BCUT2D eigenvalue weighted by Gasteiger charge is 2.25. The number of aryl methyl sites for hydroxylation is 1. The highest BCUT2D eigenvalue weighted by atomic mass is 35.5. The lowest BCUT2D eigenvalue weighted by molar-refractivity contribution is 0.277. The van der Waals surface area contributed by atoms with E-state index in [1.165, 1.54) is 17.4 Å². The minimum atomic E-state index is -0.336. The van der Waals surface area contributed by atoms with Crippen molar-refractivity contribution in [3.63, 3.8) is 0 Å². The van der Waals surface area contributed by atoms with Gasteiger partial charge in [0.05, 0.1) is 5.52 Å². The fourth-order valence-corrected chi connectivity index (χ4v) is 4.59. The van der Waals surface area contributed by atoms with Crippen LogP contribution in [0.3, 0.4) is 0 Å². The molecular weight excluding hydrogens is 390 g/mol. The fourth-order valence-electron chi connectivity index (χ4n) is 4.46. The van der Waals surface area contributed by atoms with Crippen LogP contribution in [0.1, 0.15) is 49.3 Å². The predicted molar refractivity (Wildman–Crippen MR) is 115 cm³/mol. The van der Waals surface area contributed by atoms with Crippen molar-refractivity contribution in [3.05, 3.63) is 67.4 Å². The third kappa shape index (κ3) is 3.67. The van der Waals surface area contributed by atoms with Crippen molar-refractivity contribution in [2.45, 2.75) is 51.1 Å². The van der Waals surface area contributed by atoms with E-state index in [0.29, 0.717) is 34.9 Å². The van der Waals surface area contributed by atoms with Crippen molar-refractivity contribution in [2.75, 3.05) is 6.61 Å². The first-order valence-electron chi connectivity index (χ1n) is 10.2. The van der Waals surface area contributed by atoms with Gasteiger partial charge in [0, 0.05) is 37.5 Å². The number of rotatable bonds is 6. The highest BCUT2D eigenvalue weighted by molar-refractivity contribution is 6.30. The van der Waals surface area contributed by atoms with Gasteiger partial charge in [0.15, 0.2) is 0 Å². The quantitative estimate of drug-likeness (QED) is 0.671. The van der Waals surface area contributed by atoms with E-state index in [9.17, 15) is 14.7 Å². The molecule has 0 bridgehead atoms. The minimum absolute atomic E-state index is 0.0628. The van der Waals surface area contributed by atoms with E-state index in [4.69, 9.17) is 11.6 Å². The second-order valence-corrected chi connectivity index (χ2v) is 8.31. The van der Waals surface area contributed by atoms with Crippen LogP contribution in [0, 0.1) is 0 Å². The van der Waals surface area contributed by atoms with E-state index in [-0.39, 0.29) is 24.4 Å². The number of aromatic nitrogens is 3. The van der Waals surface area contributed by atoms with E-state index >= 15 is 0 Å². The first-order chi connectivity index (χ1) is 14.0. The third-order valence-electron chi connectivity index (χ3n) is 6.00. The Morgan fingerprint density at radius 1 is 1.10 bits per heavy atom. The standard InChI is InChI=1S/C22H26ClN3O3/c1-24-19-13-18(16-5-2-3-6-16)26(14-15-7-9-17(23)10-8-15)20(19)21(28)25(22(24)29)11-4-12-27/h7-10,13,16,27H,2-6,11-12,14H2,1H3. The van der Waals surface area contributed by atoms with Crippen molar-refractivity contribution in [1.82, 2.24) is 13.7 Å². The summed E-state index contributed by atoms with van der Waals surface area (Å²) in [6.07, 6.45) is 4.95. The minimum Gasteiger partial charge on any atom is -0.396 e. The van der Waals surface area contributed by atoms with Crippen LogP contribution in [0.4, 0.5) is 0 Å². The monoisotopic (exact) mass is 415 g/mol. The van der Waals surface area contributed by atoms with E-state index in [0.717, 1.165) is 24.1 Å². The molecule has 1 fully saturated rings. The zero-order chi connectivity index (χ0) is 20.5. The van der Waals surface area contributed by atoms with Gasteiger partial charge in [0.25, 0.3) is 5.56 Å². The van der Waals surface area contributed by atoms with E-state index in [1.807, 2.05) is 30.3 Å². The predicted octanol–water partition coefficient (Wildman–Crippen LogP) is 3.24. The van der Waals surface area contributed by atoms with Crippen LogP contribution in [0.2, 0.25) is 5.02 Å². The summed E-state index contributed by atoms with van der Waals surface area (Å²) in [7, 11) is 1.71. The van der Waals surface area contributed by atoms with Crippen LogP contribution in [-0.4, -0.2) is 25.4 Å². The van der Waals surface area contributed by atoms with Crippen molar-refractivity contribution >= 4 is 22.6 Å². The zero-order valence-corrected chi connectivity index (χ0v) is 17.4. The molecule has 6 nitrogen and oxygen atoms in total. The average molecular weight is 416 g/mol. The second-order valence-electron chi connectivity index (χ2n) is 7.87. The van der Waals surface area contributed by atoms with Crippen LogP contribution in [0.15, 0.2) is 39.9 Å². The molecule has 0 unspecified atom stereocenters. The normalized spacial score (nSPS) is 14.9. The Hall–Kier alpha value is -2.31. The first kappa shape index (κ1) is 20.0. The lowest BCUT2D eigenvalue weighted by atomic mass is 10.0. The molecule has 29 heavy (non-hydrogen) atoms. The summed E-state index contributed by atoms with van der Waals surface area (Å²) in [5.74, 6) is 0.398. The third-order valence-corrected chi connectivity index (χ3v) is 6.25. The Kier molecular flexibility index (Phi) is 5.65. The lowest BCUT2D eigenvalue weighted by Crippen LogP contribution is -2.39. The summed E-state index contributed by atoms with van der Waals surface area (Å²) in [5.41, 5.74) is 2.80. The molecule has 1 aliphatic rings. The van der Waals surface area contributed by atoms with Gasteiger partial charge in [-0.15, -0.1) is 0 Å².